The van der Waals surface area contributed by atoms with E-state index < -0.39 is 12.2 Å². The molecule has 0 saturated carbocycles. The molecule has 0 bridgehead atoms. The van der Waals surface area contributed by atoms with Crippen molar-refractivity contribution in [3.63, 3.8) is 0 Å². The van der Waals surface area contributed by atoms with E-state index in [1.165, 1.54) is 0 Å². The van der Waals surface area contributed by atoms with Crippen molar-refractivity contribution < 1.29 is 141 Å². The van der Waals surface area contributed by atoms with E-state index in [2.05, 4.69) is 193 Å². The van der Waals surface area contributed by atoms with Gasteiger partial charge in [-0.15, -0.1) is 88.5 Å². The molecule has 0 fully saturated rings. The molecule has 0 aliphatic heterocycles. The van der Waals surface area contributed by atoms with Crippen LogP contribution in [0.2, 0.25) is 0 Å². The van der Waals surface area contributed by atoms with Crippen LogP contribution in [0.15, 0.2) is 142 Å². The van der Waals surface area contributed by atoms with Crippen LogP contribution < -0.4 is 0 Å². The molecule has 5 radical (unpaired) electrons. The summed E-state index contributed by atoms with van der Waals surface area (Å²) < 4.78 is 0. The standard InChI is InChI=1S/C16H13N4.4C14H16N3.C11H24O2.C9H20O2.2C5H12O2.5Ir/c1-11-13(5-3-7-17-11)15-9-16(20-10-19-15)14-6-4-8-18-12(14)2;4*1-10-11(6-5-7-15-10)12-8-13(14(2,3)4)17-9-16-12;1-10(2,3)8(12)7-9(13)11(4,5)6;1-6(2)8(10)5-9(11)7(3)4;2*1-4(6)3-5(2)7;;;;;/h3-5,7-10H,1-2H3;4*5,7-9H,1-4H3;8-9,12-13H,7H2,1-6H3;6-11H,5H2,1-4H3;2*4-7H,3H2,1-2H3;;;;;/q5*-1;;;;;;;;;. The van der Waals surface area contributed by atoms with E-state index in [0.717, 1.165) is 124 Å². The van der Waals surface area contributed by atoms with E-state index in [-0.39, 0.29) is 181 Å². The first-order valence-corrected chi connectivity index (χ1v) is 43.1. The van der Waals surface area contributed by atoms with Crippen LogP contribution in [-0.4, -0.2) is 169 Å². The fourth-order valence-corrected chi connectivity index (χ4v) is 11.2. The molecule has 0 aliphatic carbocycles. The van der Waals surface area contributed by atoms with Gasteiger partial charge in [0.1, 0.15) is 31.6 Å². The van der Waals surface area contributed by atoms with E-state index in [0.29, 0.717) is 25.7 Å². The molecule has 29 heteroatoms. The summed E-state index contributed by atoms with van der Waals surface area (Å²) in [7, 11) is 0. The molecule has 131 heavy (non-hydrogen) atoms. The minimum absolute atomic E-state index is 0. The third-order valence-corrected chi connectivity index (χ3v) is 19.5. The molecule has 0 saturated heterocycles. The van der Waals surface area contributed by atoms with Gasteiger partial charge in [0, 0.05) is 169 Å². The first-order chi connectivity index (χ1) is 58.4. The number of aliphatic hydroxyl groups excluding tert-OH is 8. The van der Waals surface area contributed by atoms with E-state index in [1.807, 2.05) is 153 Å². The molecule has 8 atom stereocenters. The van der Waals surface area contributed by atoms with Crippen molar-refractivity contribution in [2.24, 2.45) is 22.7 Å². The van der Waals surface area contributed by atoms with Crippen LogP contribution in [0.4, 0.5) is 0 Å². The average Bonchev–Trinajstić information content (AvgIpc) is 0.800. The SMILES string of the molecule is CC(C)(C)C(O)CC(O)C(C)(C)C.CC(C)C(O)CC(O)C(C)C.CC(O)CC(C)O.CC(O)CC(C)O.Cc1ncc[c-]c1-c1cc(-c2cccnc2C)ncn1.Cc1ncc[c-]c1-c1cc(C(C)(C)C)ncn1.Cc1ncc[c-]c1-c1cc(C(C)(C)C)ncn1.Cc1ncc[c-]c1-c1cc(C(C)(C)C)ncn1.Cc1ncc[c-]c1-c1cc(C(C)(C)C)ncn1.[Ir].[Ir].[Ir].[Ir].[Ir]. The molecule has 0 aliphatic rings. The number of aryl methyl sites for hydroxylation is 6. The van der Waals surface area contributed by atoms with Crippen LogP contribution in [-0.2, 0) is 122 Å². The molecule has 11 heterocycles. The number of hydrogen-bond donors (Lipinski definition) is 8. The third kappa shape index (κ3) is 48.5. The van der Waals surface area contributed by atoms with Crippen LogP contribution in [0.1, 0.15) is 263 Å². The Hall–Kier alpha value is -6.77. The third-order valence-electron chi connectivity index (χ3n) is 19.5. The van der Waals surface area contributed by atoms with Gasteiger partial charge in [-0.25, -0.2) is 24.9 Å². The molecule has 11 rings (SSSR count). The maximum absolute atomic E-state index is 9.76. The fraction of sp³-hybridized carbons (Fsp3) is 0.510. The van der Waals surface area contributed by atoms with Crippen LogP contribution in [0.3, 0.4) is 0 Å². The van der Waals surface area contributed by atoms with E-state index >= 15 is 0 Å². The summed E-state index contributed by atoms with van der Waals surface area (Å²) in [5, 5.41) is 72.5. The zero-order valence-electron chi connectivity index (χ0n) is 82.8. The van der Waals surface area contributed by atoms with E-state index in [4.69, 9.17) is 20.4 Å². The number of nitrogens with zero attached hydrogens (tertiary/aromatic N) is 16. The molecule has 8 N–H and O–H groups in total. The number of pyridine rings is 6. The monoisotopic (exact) mass is 2690 g/mol. The van der Waals surface area contributed by atoms with Gasteiger partial charge >= 0.3 is 0 Å². The Balaban J connectivity index is -0.00000142. The molecule has 0 aromatic carbocycles. The molecule has 11 aromatic heterocycles. The topological polar surface area (TPSA) is 368 Å². The normalized spacial score (nSPS) is 12.9. The Bertz CT molecular complexity index is 4500. The molecule has 0 amide bonds. The van der Waals surface area contributed by atoms with Crippen LogP contribution >= 0.6 is 0 Å². The van der Waals surface area contributed by atoms with Gasteiger partial charge in [0.25, 0.3) is 0 Å². The van der Waals surface area contributed by atoms with Crippen LogP contribution in [0, 0.1) is 94.5 Å². The van der Waals surface area contributed by atoms with Crippen molar-refractivity contribution in [1.82, 2.24) is 79.7 Å². The van der Waals surface area contributed by atoms with Crippen molar-refractivity contribution in [1.29, 1.82) is 0 Å². The summed E-state index contributed by atoms with van der Waals surface area (Å²) in [4.78, 5) is 68.7. The molecule has 24 nitrogen and oxygen atoms in total. The Morgan fingerprint density at radius 1 is 0.260 bits per heavy atom. The maximum atomic E-state index is 9.76. The van der Waals surface area contributed by atoms with Gasteiger partial charge in [-0.3, -0.25) is 29.9 Å². The van der Waals surface area contributed by atoms with Crippen molar-refractivity contribution in [2.75, 3.05) is 0 Å². The molecular formula is C102H145Ir5N16O8-5. The first kappa shape index (κ1) is 128. The summed E-state index contributed by atoms with van der Waals surface area (Å²) in [5.74, 6) is 0.479. The average molecular weight is 2680 g/mol. The van der Waals surface area contributed by atoms with Crippen molar-refractivity contribution in [3.8, 4) is 67.5 Å². The van der Waals surface area contributed by atoms with Gasteiger partial charge in [-0.05, 0) is 146 Å². The second-order valence-corrected chi connectivity index (χ2v) is 38.6. The molecule has 0 spiro atoms. The quantitative estimate of drug-likeness (QED) is 0.0417. The van der Waals surface area contributed by atoms with Gasteiger partial charge in [0.05, 0.1) is 54.5 Å². The number of rotatable bonds is 16. The summed E-state index contributed by atoms with van der Waals surface area (Å²) in [6.45, 7) is 63.8. The first-order valence-electron chi connectivity index (χ1n) is 43.1. The van der Waals surface area contributed by atoms with Gasteiger partial charge in [-0.1, -0.05) is 248 Å². The fourth-order valence-electron chi connectivity index (χ4n) is 11.2. The van der Waals surface area contributed by atoms with Crippen LogP contribution in [0.25, 0.3) is 67.5 Å². The Morgan fingerprint density at radius 3 is 0.664 bits per heavy atom. The molecular weight excluding hydrogens is 2540 g/mol. The van der Waals surface area contributed by atoms with Crippen LogP contribution in [0.5, 0.6) is 0 Å². The summed E-state index contributed by atoms with van der Waals surface area (Å²) in [6, 6.07) is 38.8. The molecule has 731 valence electrons. The predicted molar refractivity (Wildman–Crippen MR) is 505 cm³/mol. The number of hydrogen-bond acceptors (Lipinski definition) is 24. The van der Waals surface area contributed by atoms with Crippen molar-refractivity contribution in [2.45, 2.75) is 318 Å². The second kappa shape index (κ2) is 61.3. The zero-order valence-corrected chi connectivity index (χ0v) is 94.8. The smallest absolute Gasteiger partial charge is 0.106 e. The predicted octanol–water partition coefficient (Wildman–Crippen LogP) is 18.7. The Kier molecular flexibility index (Phi) is 60.1. The maximum Gasteiger partial charge on any atom is 0.106 e. The Labute approximate surface area is 850 Å². The number of aliphatic hydroxyl groups is 8. The number of aromatic nitrogens is 16. The summed E-state index contributed by atoms with van der Waals surface area (Å²) >= 11 is 0. The van der Waals surface area contributed by atoms with E-state index in [1.54, 1.807) is 127 Å². The van der Waals surface area contributed by atoms with Gasteiger partial charge in [0.15, 0.2) is 0 Å². The molecule has 8 unspecified atom stereocenters. The van der Waals surface area contributed by atoms with Crippen molar-refractivity contribution >= 4 is 0 Å². The minimum atomic E-state index is -0.443. The van der Waals surface area contributed by atoms with Gasteiger partial charge < -0.3 is 65.8 Å². The zero-order chi connectivity index (χ0) is 95.4. The summed E-state index contributed by atoms with van der Waals surface area (Å²) in [5.41, 5.74) is 20.4. The van der Waals surface area contributed by atoms with Gasteiger partial charge in [-0.2, -0.15) is 0 Å². The largest absolute Gasteiger partial charge is 0.393 e. The Morgan fingerprint density at radius 2 is 0.473 bits per heavy atom. The second-order valence-electron chi connectivity index (χ2n) is 38.6. The van der Waals surface area contributed by atoms with Crippen molar-refractivity contribution in [3.05, 3.63) is 229 Å². The molecule has 11 aromatic rings. The minimum Gasteiger partial charge on any atom is -0.393 e. The van der Waals surface area contributed by atoms with Gasteiger partial charge in [0.2, 0.25) is 0 Å². The van der Waals surface area contributed by atoms with E-state index in [9.17, 15) is 20.4 Å². The summed E-state index contributed by atoms with van der Waals surface area (Å²) in [6.07, 6.45) is 17.2.